The Kier molecular flexibility index (Phi) is 4.04. The van der Waals surface area contributed by atoms with Gasteiger partial charge in [0.1, 0.15) is 12.4 Å². The van der Waals surface area contributed by atoms with Crippen LogP contribution in [0, 0.1) is 0 Å². The van der Waals surface area contributed by atoms with Gasteiger partial charge in [-0.25, -0.2) is 0 Å². The number of anilines is 1. The Labute approximate surface area is 128 Å². The minimum atomic E-state index is 0.481. The van der Waals surface area contributed by atoms with Crippen LogP contribution in [0.3, 0.4) is 0 Å². The third-order valence-corrected chi connectivity index (χ3v) is 4.15. The van der Waals surface area contributed by atoms with E-state index in [1.165, 1.54) is 12.0 Å². The maximum atomic E-state index is 6.01. The summed E-state index contributed by atoms with van der Waals surface area (Å²) in [6.07, 6.45) is 2.27. The van der Waals surface area contributed by atoms with Crippen molar-refractivity contribution >= 4 is 28.9 Å². The van der Waals surface area contributed by atoms with E-state index in [1.54, 1.807) is 6.07 Å². The standard InChI is InChI=1S/C16H15Cl2NO/c17-13-7-6-11(9-14(13)18)10-20-15-5-1-3-12-4-2-8-19-16(12)15/h1,3,5-7,9,19H,2,4,8,10H2. The summed E-state index contributed by atoms with van der Waals surface area (Å²) in [7, 11) is 0. The molecule has 0 radical (unpaired) electrons. The van der Waals surface area contributed by atoms with Gasteiger partial charge in [0.15, 0.2) is 0 Å². The van der Waals surface area contributed by atoms with Crippen LogP contribution in [0.2, 0.25) is 10.0 Å². The van der Waals surface area contributed by atoms with Crippen molar-refractivity contribution in [3.05, 3.63) is 57.6 Å². The molecule has 0 aliphatic carbocycles. The second-order valence-electron chi connectivity index (χ2n) is 4.86. The molecule has 1 heterocycles. The molecule has 0 saturated heterocycles. The Morgan fingerprint density at radius 3 is 2.85 bits per heavy atom. The Morgan fingerprint density at radius 1 is 1.10 bits per heavy atom. The maximum Gasteiger partial charge on any atom is 0.143 e. The third kappa shape index (κ3) is 2.87. The second-order valence-corrected chi connectivity index (χ2v) is 5.67. The molecule has 1 aliphatic rings. The van der Waals surface area contributed by atoms with Gasteiger partial charge < -0.3 is 10.1 Å². The summed E-state index contributed by atoms with van der Waals surface area (Å²) in [5, 5.41) is 4.54. The lowest BCUT2D eigenvalue weighted by Gasteiger charge is -2.21. The van der Waals surface area contributed by atoms with E-state index < -0.39 is 0 Å². The number of aryl methyl sites for hydroxylation is 1. The van der Waals surface area contributed by atoms with Gasteiger partial charge in [0.2, 0.25) is 0 Å². The number of benzene rings is 2. The van der Waals surface area contributed by atoms with Gasteiger partial charge in [0, 0.05) is 6.54 Å². The van der Waals surface area contributed by atoms with E-state index in [4.69, 9.17) is 27.9 Å². The van der Waals surface area contributed by atoms with E-state index >= 15 is 0 Å². The fourth-order valence-electron chi connectivity index (χ4n) is 2.39. The molecule has 2 nitrogen and oxygen atoms in total. The number of rotatable bonds is 3. The molecular formula is C16H15Cl2NO. The Morgan fingerprint density at radius 2 is 2.00 bits per heavy atom. The van der Waals surface area contributed by atoms with Crippen molar-refractivity contribution in [1.82, 2.24) is 0 Å². The van der Waals surface area contributed by atoms with Crippen LogP contribution >= 0.6 is 23.2 Å². The average Bonchev–Trinajstić information content (AvgIpc) is 2.48. The van der Waals surface area contributed by atoms with Gasteiger partial charge in [-0.3, -0.25) is 0 Å². The molecule has 1 N–H and O–H groups in total. The number of nitrogens with one attached hydrogen (secondary N) is 1. The fraction of sp³-hybridized carbons (Fsp3) is 0.250. The normalized spacial score (nSPS) is 13.5. The maximum absolute atomic E-state index is 6.01. The van der Waals surface area contributed by atoms with Crippen molar-refractivity contribution in [1.29, 1.82) is 0 Å². The lowest BCUT2D eigenvalue weighted by Crippen LogP contribution is -2.13. The smallest absolute Gasteiger partial charge is 0.143 e. The zero-order valence-electron chi connectivity index (χ0n) is 11.0. The van der Waals surface area contributed by atoms with E-state index in [2.05, 4.69) is 11.4 Å². The fourth-order valence-corrected chi connectivity index (χ4v) is 2.71. The predicted molar refractivity (Wildman–Crippen MR) is 84.0 cm³/mol. The molecular weight excluding hydrogens is 293 g/mol. The Bertz CT molecular complexity index is 628. The molecule has 104 valence electrons. The SMILES string of the molecule is Clc1ccc(COc2cccc3c2NCCC3)cc1Cl. The van der Waals surface area contributed by atoms with Crippen molar-refractivity contribution in [3.63, 3.8) is 0 Å². The molecule has 0 aromatic heterocycles. The Hall–Kier alpha value is -1.38. The van der Waals surface area contributed by atoms with Gasteiger partial charge in [0.25, 0.3) is 0 Å². The van der Waals surface area contributed by atoms with Gasteiger partial charge in [0.05, 0.1) is 15.7 Å². The summed E-state index contributed by atoms with van der Waals surface area (Å²) in [6, 6.07) is 11.7. The summed E-state index contributed by atoms with van der Waals surface area (Å²) in [5.74, 6) is 0.897. The number of para-hydroxylation sites is 1. The van der Waals surface area contributed by atoms with Crippen LogP contribution in [-0.4, -0.2) is 6.54 Å². The zero-order chi connectivity index (χ0) is 13.9. The van der Waals surface area contributed by atoms with Gasteiger partial charge >= 0.3 is 0 Å². The molecule has 1 aliphatic heterocycles. The highest BCUT2D eigenvalue weighted by Gasteiger charge is 2.13. The van der Waals surface area contributed by atoms with Gasteiger partial charge in [-0.15, -0.1) is 0 Å². The number of fused-ring (bicyclic) bond motifs is 1. The van der Waals surface area contributed by atoms with Crippen LogP contribution in [0.25, 0.3) is 0 Å². The topological polar surface area (TPSA) is 21.3 Å². The van der Waals surface area contributed by atoms with Gasteiger partial charge in [-0.05, 0) is 42.2 Å². The number of ether oxygens (including phenoxy) is 1. The average molecular weight is 308 g/mol. The first-order valence-corrected chi connectivity index (χ1v) is 7.42. The highest BCUT2D eigenvalue weighted by atomic mass is 35.5. The van der Waals surface area contributed by atoms with Crippen molar-refractivity contribution in [2.75, 3.05) is 11.9 Å². The number of hydrogen-bond donors (Lipinski definition) is 1. The van der Waals surface area contributed by atoms with Gasteiger partial charge in [-0.1, -0.05) is 41.4 Å². The lowest BCUT2D eigenvalue weighted by molar-refractivity contribution is 0.307. The molecule has 2 aromatic rings. The first kappa shape index (κ1) is 13.6. The van der Waals surface area contributed by atoms with E-state index in [0.29, 0.717) is 16.7 Å². The van der Waals surface area contributed by atoms with Crippen molar-refractivity contribution in [2.24, 2.45) is 0 Å². The van der Waals surface area contributed by atoms with Crippen LogP contribution in [0.5, 0.6) is 5.75 Å². The molecule has 0 atom stereocenters. The predicted octanol–water partition coefficient (Wildman–Crippen LogP) is 4.93. The first-order chi connectivity index (χ1) is 9.74. The highest BCUT2D eigenvalue weighted by molar-refractivity contribution is 6.42. The molecule has 20 heavy (non-hydrogen) atoms. The van der Waals surface area contributed by atoms with Crippen molar-refractivity contribution < 1.29 is 4.74 Å². The first-order valence-electron chi connectivity index (χ1n) is 6.66. The van der Waals surface area contributed by atoms with Crippen LogP contribution in [0.1, 0.15) is 17.5 Å². The molecule has 0 unspecified atom stereocenters. The van der Waals surface area contributed by atoms with Crippen LogP contribution in [0.4, 0.5) is 5.69 Å². The summed E-state index contributed by atoms with van der Waals surface area (Å²) in [6.45, 7) is 1.48. The van der Waals surface area contributed by atoms with Gasteiger partial charge in [-0.2, -0.15) is 0 Å². The van der Waals surface area contributed by atoms with Crippen LogP contribution in [-0.2, 0) is 13.0 Å². The van der Waals surface area contributed by atoms with E-state index in [0.717, 1.165) is 30.0 Å². The molecule has 3 rings (SSSR count). The quantitative estimate of drug-likeness (QED) is 0.868. The zero-order valence-corrected chi connectivity index (χ0v) is 12.5. The van der Waals surface area contributed by atoms with E-state index in [9.17, 15) is 0 Å². The molecule has 2 aromatic carbocycles. The van der Waals surface area contributed by atoms with E-state index in [1.807, 2.05) is 24.3 Å². The monoisotopic (exact) mass is 307 g/mol. The minimum Gasteiger partial charge on any atom is -0.487 e. The largest absolute Gasteiger partial charge is 0.487 e. The van der Waals surface area contributed by atoms with Crippen LogP contribution in [0.15, 0.2) is 36.4 Å². The van der Waals surface area contributed by atoms with Crippen molar-refractivity contribution in [2.45, 2.75) is 19.4 Å². The van der Waals surface area contributed by atoms with Crippen molar-refractivity contribution in [3.8, 4) is 5.75 Å². The summed E-state index contributed by atoms with van der Waals surface area (Å²) in [5.41, 5.74) is 3.45. The summed E-state index contributed by atoms with van der Waals surface area (Å²) in [4.78, 5) is 0. The van der Waals surface area contributed by atoms with Crippen LogP contribution < -0.4 is 10.1 Å². The van der Waals surface area contributed by atoms with E-state index in [-0.39, 0.29) is 0 Å². The molecule has 4 heteroatoms. The molecule has 0 spiro atoms. The second kappa shape index (κ2) is 5.94. The molecule has 0 saturated carbocycles. The number of halogens is 2. The summed E-state index contributed by atoms with van der Waals surface area (Å²) < 4.78 is 5.92. The Balaban J connectivity index is 1.76. The molecule has 0 amide bonds. The lowest BCUT2D eigenvalue weighted by atomic mass is 10.0. The minimum absolute atomic E-state index is 0.481. The molecule has 0 bridgehead atoms. The highest BCUT2D eigenvalue weighted by Crippen LogP contribution is 2.32. The number of hydrogen-bond acceptors (Lipinski definition) is 2. The molecule has 0 fully saturated rings. The third-order valence-electron chi connectivity index (χ3n) is 3.42. The summed E-state index contributed by atoms with van der Waals surface area (Å²) >= 11 is 11.9.